The molecule has 7 heteroatoms. The summed E-state index contributed by atoms with van der Waals surface area (Å²) in [4.78, 5) is 24.2. The maximum Gasteiger partial charge on any atom is 0.243 e. The zero-order valence-electron chi connectivity index (χ0n) is 14.1. The lowest BCUT2D eigenvalue weighted by Crippen LogP contribution is -2.39. The summed E-state index contributed by atoms with van der Waals surface area (Å²) in [5, 5.41) is 5.42. The minimum atomic E-state index is -0.305. The largest absolute Gasteiger partial charge is 0.497 e. The average molecular weight is 335 g/mol. The van der Waals surface area contributed by atoms with Crippen LogP contribution in [0.4, 0.5) is 5.69 Å². The highest BCUT2D eigenvalue weighted by Gasteiger charge is 2.31. The zero-order chi connectivity index (χ0) is 17.5. The Hall–Kier alpha value is -2.28. The Bertz CT molecular complexity index is 569. The lowest BCUT2D eigenvalue weighted by Gasteiger charge is -2.17. The van der Waals surface area contributed by atoms with Gasteiger partial charge in [0.15, 0.2) is 0 Å². The summed E-state index contributed by atoms with van der Waals surface area (Å²) in [5.74, 6) is 0.883. The van der Waals surface area contributed by atoms with E-state index in [-0.39, 0.29) is 30.2 Å². The maximum atomic E-state index is 12.2. The van der Waals surface area contributed by atoms with Crippen molar-refractivity contribution in [3.05, 3.63) is 18.2 Å². The third kappa shape index (κ3) is 4.61. The molecule has 0 bridgehead atoms. The van der Waals surface area contributed by atoms with Crippen LogP contribution in [0.2, 0.25) is 0 Å². The van der Waals surface area contributed by atoms with Crippen LogP contribution in [0.5, 0.6) is 11.5 Å². The van der Waals surface area contributed by atoms with Gasteiger partial charge in [-0.2, -0.15) is 0 Å². The molecule has 24 heavy (non-hydrogen) atoms. The van der Waals surface area contributed by atoms with E-state index in [0.717, 1.165) is 19.3 Å². The van der Waals surface area contributed by atoms with Crippen molar-refractivity contribution in [2.45, 2.75) is 19.3 Å². The fourth-order valence-electron chi connectivity index (χ4n) is 3.05. The van der Waals surface area contributed by atoms with Crippen LogP contribution in [0.1, 0.15) is 19.3 Å². The van der Waals surface area contributed by atoms with E-state index in [9.17, 15) is 9.59 Å². The summed E-state index contributed by atoms with van der Waals surface area (Å²) in [5.41, 5.74) is 6.24. The number of rotatable bonds is 7. The predicted molar refractivity (Wildman–Crippen MR) is 91.1 cm³/mol. The second kappa shape index (κ2) is 8.54. The first-order chi connectivity index (χ1) is 11.6. The Morgan fingerprint density at radius 3 is 2.42 bits per heavy atom. The summed E-state index contributed by atoms with van der Waals surface area (Å²) < 4.78 is 10.3. The van der Waals surface area contributed by atoms with Crippen LogP contribution >= 0.6 is 0 Å². The molecule has 7 nitrogen and oxygen atoms in total. The number of carbonyl (C=O) groups excluding carboxylic acids is 2. The van der Waals surface area contributed by atoms with Crippen molar-refractivity contribution in [1.82, 2.24) is 5.32 Å². The molecule has 0 aromatic heterocycles. The molecule has 2 atom stereocenters. The molecular weight excluding hydrogens is 310 g/mol. The van der Waals surface area contributed by atoms with Crippen molar-refractivity contribution >= 4 is 17.5 Å². The predicted octanol–water partition coefficient (Wildman–Crippen LogP) is 1.13. The highest BCUT2D eigenvalue weighted by atomic mass is 16.5. The first-order valence-corrected chi connectivity index (χ1v) is 8.08. The third-order valence-electron chi connectivity index (χ3n) is 4.36. The number of benzene rings is 1. The lowest BCUT2D eigenvalue weighted by atomic mass is 9.95. The summed E-state index contributed by atoms with van der Waals surface area (Å²) >= 11 is 0. The van der Waals surface area contributed by atoms with Gasteiger partial charge in [-0.05, 0) is 25.3 Å². The van der Waals surface area contributed by atoms with E-state index in [0.29, 0.717) is 23.7 Å². The molecule has 1 saturated carbocycles. The Morgan fingerprint density at radius 2 is 1.83 bits per heavy atom. The van der Waals surface area contributed by atoms with Crippen molar-refractivity contribution in [3.8, 4) is 11.5 Å². The molecule has 1 aliphatic rings. The van der Waals surface area contributed by atoms with E-state index in [1.54, 1.807) is 18.2 Å². The van der Waals surface area contributed by atoms with Crippen LogP contribution in [-0.2, 0) is 9.59 Å². The molecular formula is C17H25N3O4. The molecule has 1 aromatic carbocycles. The number of amides is 2. The molecule has 1 aliphatic carbocycles. The molecule has 4 N–H and O–H groups in total. The van der Waals surface area contributed by atoms with Crippen molar-refractivity contribution in [3.63, 3.8) is 0 Å². The summed E-state index contributed by atoms with van der Waals surface area (Å²) in [6.45, 7) is 0.431. The monoisotopic (exact) mass is 335 g/mol. The molecule has 0 unspecified atom stereocenters. The lowest BCUT2D eigenvalue weighted by molar-refractivity contribution is -0.128. The fraction of sp³-hybridized carbons (Fsp3) is 0.529. The van der Waals surface area contributed by atoms with Crippen LogP contribution in [0.3, 0.4) is 0 Å². The van der Waals surface area contributed by atoms with Gasteiger partial charge in [0.05, 0.1) is 20.8 Å². The standard InChI is InChI=1S/C17H25N3O4/c1-23-13-6-12(7-14(8-13)24-2)20-16(21)10-19-17(22)15-5-3-4-11(15)9-18/h6-8,11,15H,3-5,9-10,18H2,1-2H3,(H,19,22)(H,20,21)/t11-,15-/m1/s1. The van der Waals surface area contributed by atoms with Crippen LogP contribution in [0.15, 0.2) is 18.2 Å². The molecule has 0 aliphatic heterocycles. The van der Waals surface area contributed by atoms with Gasteiger partial charge >= 0.3 is 0 Å². The van der Waals surface area contributed by atoms with E-state index < -0.39 is 0 Å². The maximum absolute atomic E-state index is 12.2. The van der Waals surface area contributed by atoms with Gasteiger partial charge in [0.1, 0.15) is 11.5 Å². The Kier molecular flexibility index (Phi) is 6.43. The van der Waals surface area contributed by atoms with E-state index >= 15 is 0 Å². The Balaban J connectivity index is 1.88. The quantitative estimate of drug-likeness (QED) is 0.693. The van der Waals surface area contributed by atoms with Gasteiger partial charge in [-0.1, -0.05) is 6.42 Å². The number of ether oxygens (including phenoxy) is 2. The molecule has 0 heterocycles. The summed E-state index contributed by atoms with van der Waals surface area (Å²) in [7, 11) is 3.08. The summed E-state index contributed by atoms with van der Waals surface area (Å²) in [6.07, 6.45) is 2.82. The smallest absolute Gasteiger partial charge is 0.243 e. The number of nitrogens with one attached hydrogen (secondary N) is 2. The molecule has 132 valence electrons. The van der Waals surface area contributed by atoms with E-state index in [1.807, 2.05) is 0 Å². The fourth-order valence-corrected chi connectivity index (χ4v) is 3.05. The van der Waals surface area contributed by atoms with Crippen molar-refractivity contribution < 1.29 is 19.1 Å². The van der Waals surface area contributed by atoms with Crippen LogP contribution in [-0.4, -0.2) is 39.1 Å². The van der Waals surface area contributed by atoms with Crippen LogP contribution in [0, 0.1) is 11.8 Å². The van der Waals surface area contributed by atoms with Crippen molar-refractivity contribution in [2.75, 3.05) is 32.6 Å². The zero-order valence-corrected chi connectivity index (χ0v) is 14.1. The van der Waals surface area contributed by atoms with Gasteiger partial charge in [-0.15, -0.1) is 0 Å². The highest BCUT2D eigenvalue weighted by molar-refractivity contribution is 5.95. The van der Waals surface area contributed by atoms with E-state index in [2.05, 4.69) is 10.6 Å². The summed E-state index contributed by atoms with van der Waals surface area (Å²) in [6, 6.07) is 5.08. The minimum absolute atomic E-state index is 0.0772. The number of methoxy groups -OCH3 is 2. The van der Waals surface area contributed by atoms with Gasteiger partial charge in [0, 0.05) is 29.8 Å². The first-order valence-electron chi connectivity index (χ1n) is 8.08. The number of anilines is 1. The number of hydrogen-bond acceptors (Lipinski definition) is 5. The number of nitrogens with two attached hydrogens (primary N) is 1. The number of carbonyl (C=O) groups is 2. The molecule has 1 fully saturated rings. The first kappa shape index (κ1) is 18.1. The van der Waals surface area contributed by atoms with Gasteiger partial charge < -0.3 is 25.8 Å². The van der Waals surface area contributed by atoms with Crippen molar-refractivity contribution in [1.29, 1.82) is 0 Å². The Morgan fingerprint density at radius 1 is 1.17 bits per heavy atom. The highest BCUT2D eigenvalue weighted by Crippen LogP contribution is 2.31. The molecule has 0 saturated heterocycles. The van der Waals surface area contributed by atoms with Crippen LogP contribution in [0.25, 0.3) is 0 Å². The number of hydrogen-bond donors (Lipinski definition) is 3. The molecule has 0 radical (unpaired) electrons. The van der Waals surface area contributed by atoms with E-state index in [4.69, 9.17) is 15.2 Å². The Labute approximate surface area is 141 Å². The normalized spacial score (nSPS) is 19.6. The van der Waals surface area contributed by atoms with Crippen LogP contribution < -0.4 is 25.8 Å². The molecule has 2 amide bonds. The molecule has 0 spiro atoms. The topological polar surface area (TPSA) is 103 Å². The van der Waals surface area contributed by atoms with Gasteiger partial charge in [0.25, 0.3) is 0 Å². The van der Waals surface area contributed by atoms with Gasteiger partial charge in [-0.3, -0.25) is 9.59 Å². The molecule has 1 aromatic rings. The third-order valence-corrected chi connectivity index (χ3v) is 4.36. The second-order valence-corrected chi connectivity index (χ2v) is 5.90. The average Bonchev–Trinajstić information content (AvgIpc) is 3.08. The minimum Gasteiger partial charge on any atom is -0.497 e. The van der Waals surface area contributed by atoms with Gasteiger partial charge in [0.2, 0.25) is 11.8 Å². The van der Waals surface area contributed by atoms with Gasteiger partial charge in [-0.25, -0.2) is 0 Å². The molecule has 2 rings (SSSR count). The van der Waals surface area contributed by atoms with E-state index in [1.165, 1.54) is 14.2 Å². The van der Waals surface area contributed by atoms with Crippen molar-refractivity contribution in [2.24, 2.45) is 17.6 Å². The SMILES string of the molecule is COc1cc(NC(=O)CNC(=O)[C@@H]2CCC[C@@H]2CN)cc(OC)c1. The second-order valence-electron chi connectivity index (χ2n) is 5.90.